The van der Waals surface area contributed by atoms with E-state index in [1.165, 1.54) is 0 Å². The van der Waals surface area contributed by atoms with Crippen molar-refractivity contribution in [3.8, 4) is 0 Å². The number of hydrogen-bond acceptors (Lipinski definition) is 4. The quantitative estimate of drug-likeness (QED) is 0.381. The van der Waals surface area contributed by atoms with Crippen molar-refractivity contribution in [3.63, 3.8) is 0 Å². The topological polar surface area (TPSA) is 87.7 Å². The largest absolute Gasteiger partial charge is 0.480 e. The first-order valence-electron chi connectivity index (χ1n) is 10.6. The maximum Gasteiger partial charge on any atom is 0.326 e. The van der Waals surface area contributed by atoms with Gasteiger partial charge in [-0.05, 0) is 29.5 Å². The van der Waals surface area contributed by atoms with Crippen molar-refractivity contribution in [2.75, 3.05) is 0 Å². The van der Waals surface area contributed by atoms with E-state index in [-0.39, 0.29) is 6.42 Å². The number of carbonyl (C=O) groups is 2. The summed E-state index contributed by atoms with van der Waals surface area (Å²) in [5.74, 6) is -1.48. The van der Waals surface area contributed by atoms with Crippen LogP contribution in [0.2, 0.25) is 0 Å². The molecule has 0 heterocycles. The summed E-state index contributed by atoms with van der Waals surface area (Å²) >= 11 is 0. The molecule has 3 N–H and O–H groups in total. The summed E-state index contributed by atoms with van der Waals surface area (Å²) in [6.45, 7) is 0.294. The second-order valence-electron chi connectivity index (χ2n) is 7.56. The van der Waals surface area contributed by atoms with Gasteiger partial charge in [0.1, 0.15) is 12.1 Å². The van der Waals surface area contributed by atoms with Gasteiger partial charge in [0.2, 0.25) is 5.91 Å². The van der Waals surface area contributed by atoms with Crippen LogP contribution in [0.3, 0.4) is 0 Å². The van der Waals surface area contributed by atoms with Crippen molar-refractivity contribution in [3.05, 3.63) is 108 Å². The van der Waals surface area contributed by atoms with Crippen LogP contribution in [-0.4, -0.2) is 29.1 Å². The Balaban J connectivity index is 1.63. The van der Waals surface area contributed by atoms with E-state index in [0.29, 0.717) is 19.4 Å². The third-order valence-corrected chi connectivity index (χ3v) is 5.09. The van der Waals surface area contributed by atoms with Crippen molar-refractivity contribution in [1.29, 1.82) is 0 Å². The zero-order valence-corrected chi connectivity index (χ0v) is 17.8. The standard InChI is InChI=1S/C26H28N2O4/c29-25(27-24(26(30)31)18-21-12-6-2-7-13-21)23(17-16-20-10-4-1-5-11-20)28-32-19-22-14-8-3-9-15-22/h1-15,23-24,28H,16-19H2,(H,27,29)(H,30,31)/t23-,24-/m0/s1. The highest BCUT2D eigenvalue weighted by molar-refractivity contribution is 5.87. The molecule has 0 fully saturated rings. The van der Waals surface area contributed by atoms with E-state index in [0.717, 1.165) is 16.7 Å². The molecular formula is C26H28N2O4. The average molecular weight is 433 g/mol. The van der Waals surface area contributed by atoms with E-state index in [1.54, 1.807) is 0 Å². The smallest absolute Gasteiger partial charge is 0.326 e. The Labute approximate surface area is 188 Å². The Bertz CT molecular complexity index is 965. The lowest BCUT2D eigenvalue weighted by Crippen LogP contribution is -2.51. The van der Waals surface area contributed by atoms with Gasteiger partial charge in [-0.25, -0.2) is 4.79 Å². The van der Waals surface area contributed by atoms with Crippen LogP contribution in [0.4, 0.5) is 0 Å². The zero-order chi connectivity index (χ0) is 22.6. The molecule has 166 valence electrons. The molecule has 3 rings (SSSR count). The number of aliphatic carboxylic acids is 1. The van der Waals surface area contributed by atoms with E-state index >= 15 is 0 Å². The highest BCUT2D eigenvalue weighted by atomic mass is 16.6. The van der Waals surface area contributed by atoms with Crippen LogP contribution < -0.4 is 10.8 Å². The zero-order valence-electron chi connectivity index (χ0n) is 17.8. The highest BCUT2D eigenvalue weighted by Gasteiger charge is 2.25. The van der Waals surface area contributed by atoms with E-state index in [9.17, 15) is 14.7 Å². The fourth-order valence-electron chi connectivity index (χ4n) is 3.32. The molecule has 0 radical (unpaired) electrons. The molecule has 1 amide bonds. The molecule has 0 unspecified atom stereocenters. The highest BCUT2D eigenvalue weighted by Crippen LogP contribution is 2.09. The Kier molecular flexibility index (Phi) is 8.98. The van der Waals surface area contributed by atoms with Crippen LogP contribution in [0.5, 0.6) is 0 Å². The van der Waals surface area contributed by atoms with Gasteiger partial charge in [-0.3, -0.25) is 9.63 Å². The molecule has 0 aliphatic carbocycles. The summed E-state index contributed by atoms with van der Waals surface area (Å²) in [5, 5.41) is 12.3. The number of amides is 1. The van der Waals surface area contributed by atoms with Gasteiger partial charge in [0.25, 0.3) is 0 Å². The molecule has 0 spiro atoms. The molecule has 0 aliphatic rings. The molecule has 0 bridgehead atoms. The van der Waals surface area contributed by atoms with Gasteiger partial charge in [0.15, 0.2) is 0 Å². The maximum atomic E-state index is 13.0. The van der Waals surface area contributed by atoms with Crippen LogP contribution in [-0.2, 0) is 33.9 Å². The number of hydrogen-bond donors (Lipinski definition) is 3. The molecule has 0 aliphatic heterocycles. The lowest BCUT2D eigenvalue weighted by molar-refractivity contribution is -0.143. The minimum absolute atomic E-state index is 0.207. The summed E-state index contributed by atoms with van der Waals surface area (Å²) in [5.41, 5.74) is 5.74. The molecule has 32 heavy (non-hydrogen) atoms. The Morgan fingerprint density at radius 3 is 1.84 bits per heavy atom. The summed E-state index contributed by atoms with van der Waals surface area (Å²) in [6, 6.07) is 27.0. The first-order chi connectivity index (χ1) is 15.6. The average Bonchev–Trinajstić information content (AvgIpc) is 2.82. The van der Waals surface area contributed by atoms with Crippen molar-refractivity contribution < 1.29 is 19.5 Å². The molecule has 6 heteroatoms. The van der Waals surface area contributed by atoms with Gasteiger partial charge in [-0.2, -0.15) is 5.48 Å². The summed E-state index contributed by atoms with van der Waals surface area (Å²) in [7, 11) is 0. The molecule has 3 aromatic rings. The number of rotatable bonds is 12. The Hall–Kier alpha value is -3.48. The van der Waals surface area contributed by atoms with Gasteiger partial charge < -0.3 is 10.4 Å². The van der Waals surface area contributed by atoms with E-state index < -0.39 is 24.0 Å². The molecule has 0 saturated carbocycles. The van der Waals surface area contributed by atoms with Gasteiger partial charge >= 0.3 is 5.97 Å². The third kappa shape index (κ3) is 7.65. The number of hydroxylamine groups is 1. The summed E-state index contributed by atoms with van der Waals surface area (Å²) in [4.78, 5) is 30.4. The van der Waals surface area contributed by atoms with Crippen molar-refractivity contribution in [2.45, 2.75) is 38.0 Å². The fourth-order valence-corrected chi connectivity index (χ4v) is 3.32. The fraction of sp³-hybridized carbons (Fsp3) is 0.231. The van der Waals surface area contributed by atoms with E-state index in [2.05, 4.69) is 10.8 Å². The predicted octanol–water partition coefficient (Wildman–Crippen LogP) is 3.52. The number of carbonyl (C=O) groups excluding carboxylic acids is 1. The summed E-state index contributed by atoms with van der Waals surface area (Å²) < 4.78 is 0. The van der Waals surface area contributed by atoms with Crippen LogP contribution in [0.1, 0.15) is 23.1 Å². The number of benzene rings is 3. The van der Waals surface area contributed by atoms with E-state index in [1.807, 2.05) is 91.0 Å². The minimum Gasteiger partial charge on any atom is -0.480 e. The number of carboxylic acids is 1. The third-order valence-electron chi connectivity index (χ3n) is 5.09. The van der Waals surface area contributed by atoms with Gasteiger partial charge in [0.05, 0.1) is 6.61 Å². The summed E-state index contributed by atoms with van der Waals surface area (Å²) in [6.07, 6.45) is 1.32. The van der Waals surface area contributed by atoms with Crippen molar-refractivity contribution in [1.82, 2.24) is 10.8 Å². The van der Waals surface area contributed by atoms with Crippen LogP contribution in [0.15, 0.2) is 91.0 Å². The van der Waals surface area contributed by atoms with Gasteiger partial charge in [0, 0.05) is 6.42 Å². The second-order valence-corrected chi connectivity index (χ2v) is 7.56. The predicted molar refractivity (Wildman–Crippen MR) is 123 cm³/mol. The number of aryl methyl sites for hydroxylation is 1. The lowest BCUT2D eigenvalue weighted by Gasteiger charge is -2.21. The molecule has 0 aromatic heterocycles. The van der Waals surface area contributed by atoms with Crippen molar-refractivity contribution >= 4 is 11.9 Å². The normalized spacial score (nSPS) is 12.6. The second kappa shape index (κ2) is 12.4. The van der Waals surface area contributed by atoms with Crippen LogP contribution in [0, 0.1) is 0 Å². The van der Waals surface area contributed by atoms with Gasteiger partial charge in [-0.15, -0.1) is 0 Å². The molecular weight excluding hydrogens is 404 g/mol. The lowest BCUT2D eigenvalue weighted by atomic mass is 10.0. The number of nitrogens with one attached hydrogen (secondary N) is 2. The Morgan fingerprint density at radius 2 is 1.28 bits per heavy atom. The van der Waals surface area contributed by atoms with Crippen LogP contribution >= 0.6 is 0 Å². The number of carboxylic acid groups (broad SMARTS) is 1. The van der Waals surface area contributed by atoms with Gasteiger partial charge in [-0.1, -0.05) is 91.0 Å². The Morgan fingerprint density at radius 1 is 0.750 bits per heavy atom. The first kappa shape index (κ1) is 23.2. The molecule has 3 aromatic carbocycles. The minimum atomic E-state index is -1.07. The molecule has 2 atom stereocenters. The molecule has 6 nitrogen and oxygen atoms in total. The SMILES string of the molecule is O=C(O)[C@H](Cc1ccccc1)NC(=O)[C@H](CCc1ccccc1)NOCc1ccccc1. The monoisotopic (exact) mass is 432 g/mol. The van der Waals surface area contributed by atoms with E-state index in [4.69, 9.17) is 4.84 Å². The first-order valence-corrected chi connectivity index (χ1v) is 10.6. The van der Waals surface area contributed by atoms with Crippen molar-refractivity contribution in [2.24, 2.45) is 0 Å². The maximum absolute atomic E-state index is 13.0. The van der Waals surface area contributed by atoms with Crippen LogP contribution in [0.25, 0.3) is 0 Å². The molecule has 0 saturated heterocycles.